The maximum atomic E-state index is 12.0. The summed E-state index contributed by atoms with van der Waals surface area (Å²) >= 11 is 1.33. The minimum Gasteiger partial charge on any atom is -0.481 e. The molecule has 0 bridgehead atoms. The molecule has 8 nitrogen and oxygen atoms in total. The zero-order valence-electron chi connectivity index (χ0n) is 17.8. The van der Waals surface area contributed by atoms with Gasteiger partial charge in [-0.25, -0.2) is 4.98 Å². The molecule has 3 rings (SSSR count). The van der Waals surface area contributed by atoms with E-state index >= 15 is 0 Å². The van der Waals surface area contributed by atoms with E-state index in [-0.39, 0.29) is 12.3 Å². The molecule has 0 saturated carbocycles. The Morgan fingerprint density at radius 1 is 1.12 bits per heavy atom. The van der Waals surface area contributed by atoms with Crippen LogP contribution in [0.2, 0.25) is 0 Å². The van der Waals surface area contributed by atoms with Gasteiger partial charge < -0.3 is 26.6 Å². The van der Waals surface area contributed by atoms with Crippen molar-refractivity contribution in [1.82, 2.24) is 10.3 Å². The summed E-state index contributed by atoms with van der Waals surface area (Å²) in [4.78, 5) is 25.1. The number of hydrogen-bond donors (Lipinski definition) is 5. The number of aliphatic hydroxyl groups excluding tert-OH is 1. The first-order valence-electron chi connectivity index (χ1n) is 10.1. The first-order chi connectivity index (χ1) is 15.3. The second-order valence-corrected chi connectivity index (χ2v) is 7.89. The van der Waals surface area contributed by atoms with Gasteiger partial charge in [0.05, 0.1) is 18.2 Å². The number of carboxylic acids is 1. The van der Waals surface area contributed by atoms with Crippen LogP contribution in [0.15, 0.2) is 60.0 Å². The molecule has 1 aromatic heterocycles. The normalized spacial score (nSPS) is 11.2. The maximum Gasteiger partial charge on any atom is 0.300 e. The molecule has 2 aromatic carbocycles. The number of nitrogens with two attached hydrogens (primary N) is 1. The van der Waals surface area contributed by atoms with Gasteiger partial charge in [0.15, 0.2) is 5.13 Å². The SMILES string of the molecule is CC(=O)O.Nc1nc(CC(=O)Nc2ccc(CCNC[C@H](O)c3ccccc3)cc2)cs1. The Morgan fingerprint density at radius 2 is 1.78 bits per heavy atom. The number of nitrogens with one attached hydrogen (secondary N) is 2. The second-order valence-electron chi connectivity index (χ2n) is 7.00. The predicted octanol–water partition coefficient (Wildman–Crippen LogP) is 2.86. The van der Waals surface area contributed by atoms with Crippen LogP contribution in [-0.2, 0) is 22.4 Å². The topological polar surface area (TPSA) is 138 Å². The maximum absolute atomic E-state index is 12.0. The van der Waals surface area contributed by atoms with Gasteiger partial charge in [-0.15, -0.1) is 11.3 Å². The van der Waals surface area contributed by atoms with E-state index in [0.717, 1.165) is 36.7 Å². The van der Waals surface area contributed by atoms with Crippen LogP contribution in [0.5, 0.6) is 0 Å². The minimum atomic E-state index is -0.833. The Balaban J connectivity index is 0.000000837. The molecule has 0 aliphatic carbocycles. The Labute approximate surface area is 191 Å². The monoisotopic (exact) mass is 456 g/mol. The highest BCUT2D eigenvalue weighted by Gasteiger charge is 2.08. The predicted molar refractivity (Wildman–Crippen MR) is 127 cm³/mol. The lowest BCUT2D eigenvalue weighted by atomic mass is 10.1. The number of carbonyl (C=O) groups excluding carboxylic acids is 1. The standard InChI is InChI=1S/C21H24N4O2S.C2H4O2/c22-21-25-18(14-28-21)12-20(27)24-17-8-6-15(7-9-17)10-11-23-13-19(26)16-4-2-1-3-5-16;1-2(3)4/h1-9,14,19,23,26H,10-13H2,(H2,22,25)(H,24,27);1H3,(H,3,4)/t19-;/m0./s1. The fraction of sp³-hybridized carbons (Fsp3) is 0.261. The van der Waals surface area contributed by atoms with E-state index in [1.165, 1.54) is 11.3 Å². The molecule has 170 valence electrons. The summed E-state index contributed by atoms with van der Waals surface area (Å²) in [5.74, 6) is -0.949. The summed E-state index contributed by atoms with van der Waals surface area (Å²) in [6, 6.07) is 17.4. The van der Waals surface area contributed by atoms with E-state index in [1.54, 1.807) is 5.38 Å². The van der Waals surface area contributed by atoms with Crippen LogP contribution in [0, 0.1) is 0 Å². The van der Waals surface area contributed by atoms with E-state index in [1.807, 2.05) is 54.6 Å². The summed E-state index contributed by atoms with van der Waals surface area (Å²) in [6.45, 7) is 2.36. The van der Waals surface area contributed by atoms with Crippen LogP contribution in [0.1, 0.15) is 29.8 Å². The lowest BCUT2D eigenvalue weighted by molar-refractivity contribution is -0.134. The van der Waals surface area contributed by atoms with Crippen molar-refractivity contribution >= 4 is 34.0 Å². The molecular weight excluding hydrogens is 428 g/mol. The second kappa shape index (κ2) is 13.2. The Bertz CT molecular complexity index is 973. The first kappa shape index (κ1) is 25.0. The zero-order chi connectivity index (χ0) is 23.3. The van der Waals surface area contributed by atoms with E-state index in [4.69, 9.17) is 15.6 Å². The van der Waals surface area contributed by atoms with Gasteiger partial charge in [0.25, 0.3) is 5.97 Å². The van der Waals surface area contributed by atoms with Gasteiger partial charge >= 0.3 is 0 Å². The van der Waals surface area contributed by atoms with Gasteiger partial charge in [-0.3, -0.25) is 9.59 Å². The molecule has 0 aliphatic rings. The number of nitrogen functional groups attached to an aromatic ring is 1. The molecule has 0 unspecified atom stereocenters. The van der Waals surface area contributed by atoms with E-state index in [9.17, 15) is 9.90 Å². The van der Waals surface area contributed by atoms with Crippen LogP contribution >= 0.6 is 11.3 Å². The van der Waals surface area contributed by atoms with Crippen LogP contribution in [0.3, 0.4) is 0 Å². The number of carboxylic acid groups (broad SMARTS) is 1. The third kappa shape index (κ3) is 9.69. The number of rotatable bonds is 9. The average molecular weight is 457 g/mol. The van der Waals surface area contributed by atoms with Crippen molar-refractivity contribution in [2.45, 2.75) is 25.9 Å². The fourth-order valence-electron chi connectivity index (χ4n) is 2.79. The van der Waals surface area contributed by atoms with Gasteiger partial charge in [0, 0.05) is 24.5 Å². The number of aromatic nitrogens is 1. The summed E-state index contributed by atoms with van der Waals surface area (Å²) in [7, 11) is 0. The molecule has 0 aliphatic heterocycles. The third-order valence-electron chi connectivity index (χ3n) is 4.26. The molecule has 1 heterocycles. The summed E-state index contributed by atoms with van der Waals surface area (Å²) in [5.41, 5.74) is 9.08. The largest absolute Gasteiger partial charge is 0.481 e. The molecule has 0 spiro atoms. The molecule has 32 heavy (non-hydrogen) atoms. The molecule has 0 fully saturated rings. The zero-order valence-corrected chi connectivity index (χ0v) is 18.6. The van der Waals surface area contributed by atoms with Crippen molar-refractivity contribution in [3.8, 4) is 0 Å². The van der Waals surface area contributed by atoms with Crippen molar-refractivity contribution in [3.05, 3.63) is 76.8 Å². The summed E-state index contributed by atoms with van der Waals surface area (Å²) in [5, 5.41) is 25.9. The first-order valence-corrected chi connectivity index (χ1v) is 10.9. The number of aliphatic carboxylic acids is 1. The fourth-order valence-corrected chi connectivity index (χ4v) is 3.36. The van der Waals surface area contributed by atoms with Crippen molar-refractivity contribution < 1.29 is 19.8 Å². The van der Waals surface area contributed by atoms with Crippen molar-refractivity contribution in [2.75, 3.05) is 24.1 Å². The summed E-state index contributed by atoms with van der Waals surface area (Å²) < 4.78 is 0. The van der Waals surface area contributed by atoms with Crippen LogP contribution < -0.4 is 16.4 Å². The molecule has 0 radical (unpaired) electrons. The van der Waals surface area contributed by atoms with E-state index < -0.39 is 12.1 Å². The van der Waals surface area contributed by atoms with Crippen molar-refractivity contribution in [2.24, 2.45) is 0 Å². The number of aliphatic hydroxyl groups is 1. The Hall–Kier alpha value is -3.27. The number of anilines is 2. The lowest BCUT2D eigenvalue weighted by Gasteiger charge is -2.12. The minimum absolute atomic E-state index is 0.116. The van der Waals surface area contributed by atoms with Gasteiger partial charge in [0.1, 0.15) is 0 Å². The number of nitrogens with zero attached hydrogens (tertiary/aromatic N) is 1. The Kier molecular flexibility index (Phi) is 10.3. The number of amides is 1. The highest BCUT2D eigenvalue weighted by atomic mass is 32.1. The lowest BCUT2D eigenvalue weighted by Crippen LogP contribution is -2.23. The van der Waals surface area contributed by atoms with Crippen LogP contribution in [0.25, 0.3) is 0 Å². The molecular formula is C23H28N4O4S. The van der Waals surface area contributed by atoms with Crippen LogP contribution in [-0.4, -0.2) is 40.2 Å². The number of benzene rings is 2. The van der Waals surface area contributed by atoms with Gasteiger partial charge in [-0.05, 0) is 36.2 Å². The third-order valence-corrected chi connectivity index (χ3v) is 4.98. The highest BCUT2D eigenvalue weighted by Crippen LogP contribution is 2.14. The van der Waals surface area contributed by atoms with Crippen molar-refractivity contribution in [3.63, 3.8) is 0 Å². The molecule has 0 saturated heterocycles. The van der Waals surface area contributed by atoms with E-state index in [0.29, 0.717) is 17.4 Å². The number of carbonyl (C=O) groups is 2. The number of hydrogen-bond acceptors (Lipinski definition) is 7. The Morgan fingerprint density at radius 3 is 2.38 bits per heavy atom. The highest BCUT2D eigenvalue weighted by molar-refractivity contribution is 7.13. The van der Waals surface area contributed by atoms with Crippen LogP contribution in [0.4, 0.5) is 10.8 Å². The van der Waals surface area contributed by atoms with Gasteiger partial charge in [-0.2, -0.15) is 0 Å². The van der Waals surface area contributed by atoms with Crippen molar-refractivity contribution in [1.29, 1.82) is 0 Å². The average Bonchev–Trinajstić information content (AvgIpc) is 3.16. The summed E-state index contributed by atoms with van der Waals surface area (Å²) in [6.07, 6.45) is 0.545. The molecule has 3 aromatic rings. The molecule has 6 N–H and O–H groups in total. The van der Waals surface area contributed by atoms with Gasteiger partial charge in [0.2, 0.25) is 5.91 Å². The molecule has 1 amide bonds. The van der Waals surface area contributed by atoms with E-state index in [2.05, 4.69) is 15.6 Å². The molecule has 1 atom stereocenters. The van der Waals surface area contributed by atoms with Gasteiger partial charge in [-0.1, -0.05) is 42.5 Å². The quantitative estimate of drug-likeness (QED) is 0.312. The molecule has 9 heteroatoms. The number of thiazole rings is 1. The smallest absolute Gasteiger partial charge is 0.300 e.